The lowest BCUT2D eigenvalue weighted by atomic mass is 9.93. The van der Waals surface area contributed by atoms with Gasteiger partial charge < -0.3 is 9.67 Å². The average molecular weight is 342 g/mol. The Bertz CT molecular complexity index is 654. The highest BCUT2D eigenvalue weighted by atomic mass is 79.9. The molecule has 0 amide bonds. The molecule has 0 radical (unpaired) electrons. The fourth-order valence-electron chi connectivity index (χ4n) is 2.71. The lowest BCUT2D eigenvalue weighted by molar-refractivity contribution is 0.157. The molecule has 2 nitrogen and oxygen atoms in total. The highest BCUT2D eigenvalue weighted by Gasteiger charge is 2.21. The van der Waals surface area contributed by atoms with Crippen LogP contribution in [0.25, 0.3) is 0 Å². The summed E-state index contributed by atoms with van der Waals surface area (Å²) in [6.45, 7) is 0.122. The number of hydrogen-bond donors (Lipinski definition) is 1. The molecule has 20 heavy (non-hydrogen) atoms. The van der Waals surface area contributed by atoms with Gasteiger partial charge in [0.25, 0.3) is 0 Å². The molecule has 0 saturated heterocycles. The van der Waals surface area contributed by atoms with Crippen LogP contribution in [0.4, 0.5) is 8.78 Å². The minimum atomic E-state index is -0.572. The van der Waals surface area contributed by atoms with Crippen LogP contribution in [0, 0.1) is 11.6 Å². The van der Waals surface area contributed by atoms with Crippen molar-refractivity contribution in [1.29, 1.82) is 0 Å². The highest BCUT2D eigenvalue weighted by Crippen LogP contribution is 2.31. The van der Waals surface area contributed by atoms with Crippen molar-refractivity contribution >= 4 is 15.9 Å². The maximum Gasteiger partial charge on any atom is 0.145 e. The summed E-state index contributed by atoms with van der Waals surface area (Å²) in [5, 5.41) is 9.93. The van der Waals surface area contributed by atoms with Crippen LogP contribution in [-0.4, -0.2) is 9.67 Å². The fourth-order valence-corrected chi connectivity index (χ4v) is 3.08. The Morgan fingerprint density at radius 3 is 2.85 bits per heavy atom. The van der Waals surface area contributed by atoms with Crippen LogP contribution in [0.5, 0.6) is 0 Å². The second-order valence-electron chi connectivity index (χ2n) is 5.14. The number of aliphatic hydroxyl groups is 1. The predicted molar refractivity (Wildman–Crippen MR) is 75.5 cm³/mol. The van der Waals surface area contributed by atoms with E-state index in [0.717, 1.165) is 30.4 Å². The van der Waals surface area contributed by atoms with E-state index >= 15 is 0 Å². The van der Waals surface area contributed by atoms with E-state index in [2.05, 4.69) is 15.9 Å². The average Bonchev–Trinajstić information content (AvgIpc) is 2.83. The molecule has 1 unspecified atom stereocenters. The third kappa shape index (κ3) is 2.40. The molecule has 1 aliphatic rings. The van der Waals surface area contributed by atoms with E-state index < -0.39 is 17.7 Å². The van der Waals surface area contributed by atoms with Crippen molar-refractivity contribution in [3.8, 4) is 0 Å². The molecule has 1 aromatic heterocycles. The molecule has 1 aromatic carbocycles. The van der Waals surface area contributed by atoms with Gasteiger partial charge in [0.2, 0.25) is 0 Å². The van der Waals surface area contributed by atoms with Crippen molar-refractivity contribution in [3.05, 3.63) is 57.3 Å². The number of fused-ring (bicyclic) bond motifs is 1. The van der Waals surface area contributed by atoms with E-state index in [9.17, 15) is 13.9 Å². The monoisotopic (exact) mass is 341 g/mol. The Morgan fingerprint density at radius 2 is 2.10 bits per heavy atom. The van der Waals surface area contributed by atoms with E-state index in [1.54, 1.807) is 10.8 Å². The van der Waals surface area contributed by atoms with E-state index in [1.807, 2.05) is 6.20 Å². The highest BCUT2D eigenvalue weighted by molar-refractivity contribution is 9.10. The maximum absolute atomic E-state index is 14.0. The van der Waals surface area contributed by atoms with Gasteiger partial charge in [-0.25, -0.2) is 8.78 Å². The molecule has 3 rings (SSSR count). The molecule has 0 saturated carbocycles. The Morgan fingerprint density at radius 1 is 1.30 bits per heavy atom. The van der Waals surface area contributed by atoms with Crippen LogP contribution in [0.15, 0.2) is 29.0 Å². The molecule has 0 spiro atoms. The molecule has 1 aliphatic carbocycles. The zero-order valence-electron chi connectivity index (χ0n) is 10.7. The predicted octanol–water partition coefficient (Wildman–Crippen LogP) is 3.95. The van der Waals surface area contributed by atoms with Crippen molar-refractivity contribution in [2.45, 2.75) is 31.9 Å². The molecule has 5 heteroatoms. The summed E-state index contributed by atoms with van der Waals surface area (Å²) in [7, 11) is 0. The zero-order chi connectivity index (χ0) is 14.3. The molecule has 0 aliphatic heterocycles. The summed E-state index contributed by atoms with van der Waals surface area (Å²) < 4.78 is 29.7. The van der Waals surface area contributed by atoms with E-state index in [-0.39, 0.29) is 16.6 Å². The Hall–Kier alpha value is -1.20. The van der Waals surface area contributed by atoms with Crippen molar-refractivity contribution in [2.24, 2.45) is 0 Å². The molecule has 106 valence electrons. The van der Waals surface area contributed by atoms with Crippen molar-refractivity contribution in [3.63, 3.8) is 0 Å². The Balaban J connectivity index is 1.95. The van der Waals surface area contributed by atoms with Gasteiger partial charge in [-0.15, -0.1) is 0 Å². The first kappa shape index (κ1) is 13.8. The van der Waals surface area contributed by atoms with Gasteiger partial charge in [0.05, 0.1) is 17.1 Å². The maximum atomic E-state index is 14.0. The molecule has 0 bridgehead atoms. The molecular weight excluding hydrogens is 328 g/mol. The van der Waals surface area contributed by atoms with Gasteiger partial charge in [-0.05, 0) is 52.9 Å². The van der Waals surface area contributed by atoms with Gasteiger partial charge >= 0.3 is 0 Å². The lowest BCUT2D eigenvalue weighted by Crippen LogP contribution is -2.05. The number of nitrogens with zero attached hydrogens (tertiary/aromatic N) is 1. The van der Waals surface area contributed by atoms with E-state index in [0.29, 0.717) is 0 Å². The first-order valence-corrected chi connectivity index (χ1v) is 7.34. The van der Waals surface area contributed by atoms with Crippen LogP contribution >= 0.6 is 15.9 Å². The Labute approximate surface area is 124 Å². The molecular formula is C15H14BrF2NO. The fraction of sp³-hybridized carbons (Fsp3) is 0.333. The number of halogens is 3. The quantitative estimate of drug-likeness (QED) is 0.822. The number of benzene rings is 1. The molecule has 2 aromatic rings. The third-order valence-corrected chi connectivity index (χ3v) is 4.37. The van der Waals surface area contributed by atoms with Crippen LogP contribution in [0.2, 0.25) is 0 Å². The Kier molecular flexibility index (Phi) is 3.65. The lowest BCUT2D eigenvalue weighted by Gasteiger charge is -2.16. The summed E-state index contributed by atoms with van der Waals surface area (Å²) in [5.41, 5.74) is 1.98. The van der Waals surface area contributed by atoms with Crippen LogP contribution in [0.1, 0.15) is 35.6 Å². The van der Waals surface area contributed by atoms with Crippen molar-refractivity contribution < 1.29 is 13.9 Å². The topological polar surface area (TPSA) is 25.2 Å². The van der Waals surface area contributed by atoms with Gasteiger partial charge in [-0.3, -0.25) is 0 Å². The van der Waals surface area contributed by atoms with Gasteiger partial charge in [0.1, 0.15) is 11.6 Å². The first-order valence-electron chi connectivity index (χ1n) is 6.55. The van der Waals surface area contributed by atoms with Gasteiger partial charge in [-0.2, -0.15) is 0 Å². The van der Waals surface area contributed by atoms with Crippen LogP contribution < -0.4 is 0 Å². The summed E-state index contributed by atoms with van der Waals surface area (Å²) >= 11 is 3.07. The number of hydrogen-bond acceptors (Lipinski definition) is 1. The molecule has 0 fully saturated rings. The summed E-state index contributed by atoms with van der Waals surface area (Å²) in [4.78, 5) is 0. The summed E-state index contributed by atoms with van der Waals surface area (Å²) in [6.07, 6.45) is 5.80. The molecule has 1 heterocycles. The summed E-state index contributed by atoms with van der Waals surface area (Å²) in [6, 6.07) is 2.61. The van der Waals surface area contributed by atoms with Crippen molar-refractivity contribution in [2.75, 3.05) is 0 Å². The number of aliphatic hydroxyl groups excluding tert-OH is 1. The first-order chi connectivity index (χ1) is 9.56. The third-order valence-electron chi connectivity index (χ3n) is 3.76. The summed E-state index contributed by atoms with van der Waals surface area (Å²) in [5.74, 6) is -1.13. The zero-order valence-corrected chi connectivity index (χ0v) is 12.3. The minimum absolute atomic E-state index is 0.0289. The molecule has 1 N–H and O–H groups in total. The normalized spacial score (nSPS) is 18.1. The second kappa shape index (κ2) is 5.30. The van der Waals surface area contributed by atoms with Gasteiger partial charge in [-0.1, -0.05) is 0 Å². The molecule has 1 atom stereocenters. The standard InChI is InChI=1S/C15H14BrF2NO/c16-12-4-5-13(17)11(15(12)18)8-19-6-9-2-1-3-14(20)10(9)7-19/h4-7,14,20H,1-3,8H2. The number of aromatic nitrogens is 1. The van der Waals surface area contributed by atoms with E-state index in [4.69, 9.17) is 0 Å². The van der Waals surface area contributed by atoms with Crippen LogP contribution in [0.3, 0.4) is 0 Å². The van der Waals surface area contributed by atoms with Gasteiger partial charge in [0, 0.05) is 23.5 Å². The van der Waals surface area contributed by atoms with Gasteiger partial charge in [0.15, 0.2) is 0 Å². The van der Waals surface area contributed by atoms with E-state index in [1.165, 1.54) is 12.1 Å². The van der Waals surface area contributed by atoms with Crippen molar-refractivity contribution in [1.82, 2.24) is 4.57 Å². The van der Waals surface area contributed by atoms with Crippen LogP contribution in [-0.2, 0) is 13.0 Å². The number of aryl methyl sites for hydroxylation is 1. The minimum Gasteiger partial charge on any atom is -0.388 e. The largest absolute Gasteiger partial charge is 0.388 e. The number of rotatable bonds is 2. The SMILES string of the molecule is OC1CCCc2cn(Cc3c(F)ccc(Br)c3F)cc21. The smallest absolute Gasteiger partial charge is 0.145 e. The second-order valence-corrected chi connectivity index (χ2v) is 6.00.